The summed E-state index contributed by atoms with van der Waals surface area (Å²) in [6, 6.07) is 1.18. The molecule has 1 aromatic rings. The highest BCUT2D eigenvalue weighted by atomic mass is 32.2. The van der Waals surface area contributed by atoms with Crippen LogP contribution in [0.4, 0.5) is 10.5 Å². The van der Waals surface area contributed by atoms with Crippen LogP contribution in [0.3, 0.4) is 0 Å². The largest absolute Gasteiger partial charge is 0.481 e. The number of anilines is 1. The van der Waals surface area contributed by atoms with Crippen molar-refractivity contribution in [3.05, 3.63) is 29.8 Å². The predicted octanol–water partition coefficient (Wildman–Crippen LogP) is 3.82. The number of benzene rings is 1. The number of amides is 8. The van der Waals surface area contributed by atoms with Crippen molar-refractivity contribution in [1.29, 1.82) is 0 Å². The Labute approximate surface area is 496 Å². The monoisotopic (exact) mass is 1210 g/mol. The van der Waals surface area contributed by atoms with Crippen molar-refractivity contribution in [3.8, 4) is 0 Å². The van der Waals surface area contributed by atoms with Crippen LogP contribution in [0.1, 0.15) is 133 Å². The summed E-state index contributed by atoms with van der Waals surface area (Å²) in [4.78, 5) is 124. The van der Waals surface area contributed by atoms with Crippen LogP contribution < -0.4 is 26.0 Å². The Hall–Kier alpha value is -5.96. The van der Waals surface area contributed by atoms with Gasteiger partial charge in [-0.05, 0) is 80.4 Å². The van der Waals surface area contributed by atoms with E-state index in [0.29, 0.717) is 49.9 Å². The molecule has 0 radical (unpaired) electrons. The number of rotatable bonds is 37. The predicted molar refractivity (Wildman–Crippen MR) is 312 cm³/mol. The number of sulfonamides is 1. The first-order chi connectivity index (χ1) is 39.5. The number of carboxylic acids is 1. The molecule has 0 spiro atoms. The van der Waals surface area contributed by atoms with E-state index in [1.807, 2.05) is 27.7 Å². The smallest absolute Gasteiger partial charge is 0.410 e. The summed E-state index contributed by atoms with van der Waals surface area (Å²) in [5, 5.41) is 19.0. The van der Waals surface area contributed by atoms with E-state index < -0.39 is 129 Å². The van der Waals surface area contributed by atoms with Gasteiger partial charge in [0.1, 0.15) is 30.8 Å². The number of methoxy groups -OCH3 is 2. The minimum absolute atomic E-state index is 0.00537. The van der Waals surface area contributed by atoms with Gasteiger partial charge in [-0.2, -0.15) is 0 Å². The van der Waals surface area contributed by atoms with Crippen LogP contribution in [0.5, 0.6) is 0 Å². The topological polar surface area (TPSA) is 324 Å². The van der Waals surface area contributed by atoms with E-state index in [1.54, 1.807) is 70.8 Å². The Bertz CT molecular complexity index is 2460. The zero-order valence-corrected chi connectivity index (χ0v) is 52.5. The molecule has 10 atom stereocenters. The number of hydrogen-bond donors (Lipinski definition) is 6. The number of nitrogens with one attached hydrogen (secondary N) is 5. The van der Waals surface area contributed by atoms with Crippen molar-refractivity contribution in [1.82, 2.24) is 35.4 Å². The van der Waals surface area contributed by atoms with Gasteiger partial charge in [-0.1, -0.05) is 80.9 Å². The molecule has 1 heterocycles. The number of carbonyl (C=O) groups excluding carboxylic acids is 8. The molecule has 476 valence electrons. The minimum Gasteiger partial charge on any atom is -0.481 e. The van der Waals surface area contributed by atoms with Crippen molar-refractivity contribution >= 4 is 69.1 Å². The molecule has 26 heteroatoms. The molecule has 1 aromatic carbocycles. The highest BCUT2D eigenvalue weighted by Gasteiger charge is 2.45. The average molecular weight is 1210 g/mol. The van der Waals surface area contributed by atoms with Gasteiger partial charge in [0, 0.05) is 47.0 Å². The third kappa shape index (κ3) is 22.5. The van der Waals surface area contributed by atoms with Crippen LogP contribution in [0.25, 0.3) is 0 Å². The van der Waals surface area contributed by atoms with Gasteiger partial charge in [0.25, 0.3) is 5.91 Å². The summed E-state index contributed by atoms with van der Waals surface area (Å²) in [6.07, 6.45) is 0.191. The molecule has 6 N–H and O–H groups in total. The number of nitrogens with zero attached hydrogens (tertiary/aromatic N) is 3. The number of hydrogen-bond acceptors (Lipinski definition) is 16. The molecule has 1 saturated carbocycles. The Morgan fingerprint density at radius 3 is 1.89 bits per heavy atom. The normalized spacial score (nSPS) is 17.6. The third-order valence-corrected chi connectivity index (χ3v) is 17.1. The number of likely N-dealkylation sites (N-methyl/N-ethyl adjacent to an activating group) is 2. The number of carbonyl (C=O) groups is 9. The maximum absolute atomic E-state index is 14.7. The Morgan fingerprint density at radius 1 is 0.738 bits per heavy atom. The number of ether oxygens (including phenoxy) is 5. The van der Waals surface area contributed by atoms with Gasteiger partial charge in [0.05, 0.1) is 74.7 Å². The zero-order valence-electron chi connectivity index (χ0n) is 51.7. The van der Waals surface area contributed by atoms with E-state index in [4.69, 9.17) is 28.8 Å². The van der Waals surface area contributed by atoms with Crippen molar-refractivity contribution in [2.24, 2.45) is 29.6 Å². The standard InChI is InChI=1S/C58H96N8O17S/c1-15-37(8)51(45(79-13)32-47(68)66-26-16-17-44(66)52(80-14)38(9)53(71)61-43(31-34(2)3)55(73)63-84(77,78)42-22-23-42)64(11)57(75)49(35(4)5)62-56(74)50(36(6)7)65(12)58(76)83-33-40-18-20-41(21-19-40)60-54(72)39(10)59-46(67)24-27-81-29-30-82-28-25-48(69)70/h18-21,34-39,42-45,49-52H,15-17,22-33H2,1-14H3,(H,59,67)(H,60,72)(H,61,71)(H,62,74)(H,63,73)(H,69,70)/t37-,38+,39-,43-,44-,45+,49-,50-,51-,52+/m0/s1. The second-order valence-corrected chi connectivity index (χ2v) is 25.1. The summed E-state index contributed by atoms with van der Waals surface area (Å²) < 4.78 is 55.5. The molecule has 1 aliphatic heterocycles. The van der Waals surface area contributed by atoms with Crippen LogP contribution in [0, 0.1) is 29.6 Å². The Morgan fingerprint density at radius 2 is 1.36 bits per heavy atom. The SMILES string of the molecule is CC[C@H](C)[C@@H]([C@@H](CC(=O)N1CCC[C@H]1[C@H](OC)[C@@H](C)C(=O)N[C@@H](CC(C)C)C(=O)NS(=O)(=O)C1CC1)OC)N(C)C(=O)[C@@H](NC(=O)[C@H](C(C)C)N(C)C(=O)OCc1ccc(NC(=O)[C@H](C)NC(=O)CCOCCOCCC(=O)O)cc1)C(C)C. The van der Waals surface area contributed by atoms with Gasteiger partial charge in [-0.3, -0.25) is 48.0 Å². The lowest BCUT2D eigenvalue weighted by Gasteiger charge is -2.41. The second-order valence-electron chi connectivity index (χ2n) is 23.2. The summed E-state index contributed by atoms with van der Waals surface area (Å²) in [6.45, 7) is 18.6. The first kappa shape index (κ1) is 72.3. The van der Waals surface area contributed by atoms with E-state index in [0.717, 1.165) is 0 Å². The molecule has 2 fully saturated rings. The lowest BCUT2D eigenvalue weighted by atomic mass is 9.89. The van der Waals surface area contributed by atoms with Crippen LogP contribution in [0.2, 0.25) is 0 Å². The molecule has 84 heavy (non-hydrogen) atoms. The molecule has 0 unspecified atom stereocenters. The average Bonchev–Trinajstić information content (AvgIpc) is 4.39. The first-order valence-electron chi connectivity index (χ1n) is 29.2. The molecule has 2 aliphatic rings. The molecule has 1 saturated heterocycles. The van der Waals surface area contributed by atoms with Crippen LogP contribution in [-0.2, 0) is 78.7 Å². The number of aliphatic carboxylic acids is 1. The Balaban J connectivity index is 1.64. The van der Waals surface area contributed by atoms with Crippen molar-refractivity contribution in [2.45, 2.75) is 187 Å². The molecule has 3 rings (SSSR count). The van der Waals surface area contributed by atoms with Crippen LogP contribution >= 0.6 is 0 Å². The molecule has 0 aromatic heterocycles. The molecule has 1 aliphatic carbocycles. The summed E-state index contributed by atoms with van der Waals surface area (Å²) >= 11 is 0. The van der Waals surface area contributed by atoms with Gasteiger partial charge in [-0.25, -0.2) is 13.2 Å². The third-order valence-electron chi connectivity index (χ3n) is 15.3. The summed E-state index contributed by atoms with van der Waals surface area (Å²) in [7, 11) is 2.12. The van der Waals surface area contributed by atoms with E-state index in [1.165, 1.54) is 38.0 Å². The highest BCUT2D eigenvalue weighted by Crippen LogP contribution is 2.31. The van der Waals surface area contributed by atoms with E-state index in [-0.39, 0.29) is 76.5 Å². The maximum atomic E-state index is 14.7. The van der Waals surface area contributed by atoms with Crippen LogP contribution in [-0.4, -0.2) is 197 Å². The number of carboxylic acid groups (broad SMARTS) is 1. The van der Waals surface area contributed by atoms with Gasteiger partial charge in [0.15, 0.2) is 0 Å². The van der Waals surface area contributed by atoms with Crippen molar-refractivity contribution < 1.29 is 80.4 Å². The first-order valence-corrected chi connectivity index (χ1v) is 30.8. The second kappa shape index (κ2) is 34.9. The lowest BCUT2D eigenvalue weighted by Crippen LogP contribution is -2.60. The van der Waals surface area contributed by atoms with Crippen molar-refractivity contribution in [2.75, 3.05) is 66.6 Å². The Kier molecular flexibility index (Phi) is 30.0. The van der Waals surface area contributed by atoms with E-state index in [9.17, 15) is 51.6 Å². The van der Waals surface area contributed by atoms with Gasteiger partial charge in [-0.15, -0.1) is 0 Å². The lowest BCUT2D eigenvalue weighted by molar-refractivity contribution is -0.148. The quantitative estimate of drug-likeness (QED) is 0.0516. The maximum Gasteiger partial charge on any atom is 0.410 e. The molecule has 25 nitrogen and oxygen atoms in total. The van der Waals surface area contributed by atoms with Gasteiger partial charge < -0.3 is 59.9 Å². The molecule has 8 amide bonds. The molecular formula is C58H96N8O17S. The fraction of sp³-hybridized carbons (Fsp3) is 0.741. The summed E-state index contributed by atoms with van der Waals surface area (Å²) in [5.41, 5.74) is 0.994. The minimum atomic E-state index is -3.86. The molecule has 0 bridgehead atoms. The summed E-state index contributed by atoms with van der Waals surface area (Å²) in [5.74, 6) is -6.46. The van der Waals surface area contributed by atoms with Gasteiger partial charge in [0.2, 0.25) is 45.5 Å². The van der Waals surface area contributed by atoms with Crippen LogP contribution in [0.15, 0.2) is 24.3 Å². The number of likely N-dealkylation sites (tertiary alicyclic amines) is 1. The van der Waals surface area contributed by atoms with E-state index >= 15 is 0 Å². The van der Waals surface area contributed by atoms with Gasteiger partial charge >= 0.3 is 12.1 Å². The fourth-order valence-electron chi connectivity index (χ4n) is 10.2. The zero-order chi connectivity index (χ0) is 63.2. The van der Waals surface area contributed by atoms with Crippen molar-refractivity contribution in [3.63, 3.8) is 0 Å². The highest BCUT2D eigenvalue weighted by molar-refractivity contribution is 7.90. The fourth-order valence-corrected chi connectivity index (χ4v) is 11.5. The molecular weight excluding hydrogens is 1110 g/mol. The van der Waals surface area contributed by atoms with E-state index in [2.05, 4.69) is 26.0 Å².